The second-order valence-corrected chi connectivity index (χ2v) is 10.4. The van der Waals surface area contributed by atoms with Crippen molar-refractivity contribution in [1.82, 2.24) is 0 Å². The summed E-state index contributed by atoms with van der Waals surface area (Å²) in [4.78, 5) is 0. The lowest BCUT2D eigenvalue weighted by molar-refractivity contribution is 1.70. The molecule has 0 aliphatic carbocycles. The van der Waals surface area contributed by atoms with Crippen molar-refractivity contribution in [3.8, 4) is 0 Å². The molecule has 3 heteroatoms. The summed E-state index contributed by atoms with van der Waals surface area (Å²) in [5, 5.41) is 1.52. The van der Waals surface area contributed by atoms with Gasteiger partial charge in [-0.05, 0) is 26.7 Å². The molecule has 0 atom stereocenters. The maximum absolute atomic E-state index is 3.70. The molecule has 68 valence electrons. The van der Waals surface area contributed by atoms with Crippen LogP contribution in [0.25, 0.3) is 4.48 Å². The van der Waals surface area contributed by atoms with Crippen molar-refractivity contribution in [1.29, 1.82) is 0 Å². The zero-order chi connectivity index (χ0) is 9.64. The molecule has 0 unspecified atom stereocenters. The van der Waals surface area contributed by atoms with E-state index in [2.05, 4.69) is 69.2 Å². The van der Waals surface area contributed by atoms with Crippen molar-refractivity contribution >= 4 is 49.6 Å². The predicted molar refractivity (Wildman–Crippen MR) is 68.3 cm³/mol. The molecule has 0 nitrogen and oxygen atoms in total. The number of hydrogen-bond donors (Lipinski definition) is 0. The van der Waals surface area contributed by atoms with Gasteiger partial charge in [-0.25, -0.2) is 0 Å². The Morgan fingerprint density at radius 1 is 1.08 bits per heavy atom. The van der Waals surface area contributed by atoms with E-state index in [-0.39, 0.29) is 0 Å². The third kappa shape index (κ3) is 1.29. The number of halogens is 2. The molecule has 2 rings (SSSR count). The van der Waals surface area contributed by atoms with E-state index in [4.69, 9.17) is 0 Å². The average molecular weight is 318 g/mol. The van der Waals surface area contributed by atoms with Crippen molar-refractivity contribution in [3.63, 3.8) is 0 Å². The Balaban J connectivity index is 2.74. The van der Waals surface area contributed by atoms with Crippen molar-refractivity contribution in [3.05, 3.63) is 33.9 Å². The highest BCUT2D eigenvalue weighted by atomic mass is 79.9. The quantitative estimate of drug-likeness (QED) is 0.641. The molecule has 0 saturated heterocycles. The van der Waals surface area contributed by atoms with Crippen LogP contribution in [0.4, 0.5) is 0 Å². The molecule has 0 radical (unpaired) electrons. The van der Waals surface area contributed by atoms with Gasteiger partial charge in [0, 0.05) is 8.59 Å². The second-order valence-electron chi connectivity index (χ2n) is 3.80. The van der Waals surface area contributed by atoms with Crippen LogP contribution in [-0.4, -0.2) is 8.07 Å². The SMILES string of the molecule is C[Si]1(C)C(Br)=C(Br)c2ccccc21. The van der Waals surface area contributed by atoms with Gasteiger partial charge in [0.25, 0.3) is 0 Å². The molecule has 1 aliphatic rings. The van der Waals surface area contributed by atoms with Crippen LogP contribution in [0.15, 0.2) is 28.4 Å². The Morgan fingerprint density at radius 2 is 1.69 bits per heavy atom. The van der Waals surface area contributed by atoms with Crippen LogP contribution in [0.5, 0.6) is 0 Å². The standard InChI is InChI=1S/C10H10Br2Si/c1-13(2)8-6-4-3-5-7(8)9(11)10(13)12/h3-6H,1-2H3. The highest BCUT2D eigenvalue weighted by molar-refractivity contribution is 9.17. The van der Waals surface area contributed by atoms with E-state index < -0.39 is 8.07 Å². The van der Waals surface area contributed by atoms with Gasteiger partial charge in [0.1, 0.15) is 8.07 Å². The van der Waals surface area contributed by atoms with E-state index in [1.54, 1.807) is 0 Å². The molecule has 0 fully saturated rings. The predicted octanol–water partition coefficient (Wildman–Crippen LogP) is 3.61. The van der Waals surface area contributed by atoms with E-state index in [0.29, 0.717) is 0 Å². The van der Waals surface area contributed by atoms with E-state index >= 15 is 0 Å². The Bertz CT molecular complexity index is 394. The first-order valence-electron chi connectivity index (χ1n) is 4.21. The molecular formula is C10H10Br2Si. The molecule has 13 heavy (non-hydrogen) atoms. The summed E-state index contributed by atoms with van der Waals surface area (Å²) < 4.78 is 2.63. The molecular weight excluding hydrogens is 308 g/mol. The molecule has 1 aliphatic heterocycles. The monoisotopic (exact) mass is 316 g/mol. The summed E-state index contributed by atoms with van der Waals surface area (Å²) in [5.41, 5.74) is 1.37. The van der Waals surface area contributed by atoms with E-state index in [0.717, 1.165) is 0 Å². The van der Waals surface area contributed by atoms with Crippen molar-refractivity contribution in [2.24, 2.45) is 0 Å². The van der Waals surface area contributed by atoms with Crippen LogP contribution >= 0.6 is 31.9 Å². The lowest BCUT2D eigenvalue weighted by Crippen LogP contribution is -2.39. The Hall–Kier alpha value is 0.137. The van der Waals surface area contributed by atoms with Crippen LogP contribution < -0.4 is 5.19 Å². The Morgan fingerprint density at radius 3 is 2.31 bits per heavy atom. The summed E-state index contributed by atoms with van der Waals surface area (Å²) in [6, 6.07) is 8.65. The van der Waals surface area contributed by atoms with Crippen LogP contribution in [0.1, 0.15) is 5.56 Å². The summed E-state index contributed by atoms with van der Waals surface area (Å²) in [6.07, 6.45) is 0. The topological polar surface area (TPSA) is 0 Å². The number of fused-ring (bicyclic) bond motifs is 1. The lowest BCUT2D eigenvalue weighted by atomic mass is 10.2. The third-order valence-corrected chi connectivity index (χ3v) is 10.8. The molecule has 1 aromatic rings. The van der Waals surface area contributed by atoms with E-state index in [1.807, 2.05) is 0 Å². The minimum absolute atomic E-state index is 1.25. The van der Waals surface area contributed by atoms with E-state index in [9.17, 15) is 0 Å². The van der Waals surface area contributed by atoms with Gasteiger partial charge in [-0.15, -0.1) is 0 Å². The van der Waals surface area contributed by atoms with Gasteiger partial charge in [0.15, 0.2) is 0 Å². The van der Waals surface area contributed by atoms with Gasteiger partial charge < -0.3 is 0 Å². The fourth-order valence-corrected chi connectivity index (χ4v) is 6.91. The second kappa shape index (κ2) is 3.07. The van der Waals surface area contributed by atoms with Gasteiger partial charge in [-0.3, -0.25) is 0 Å². The third-order valence-electron chi connectivity index (χ3n) is 2.58. The summed E-state index contributed by atoms with van der Waals surface area (Å²) in [5.74, 6) is 0. The van der Waals surface area contributed by atoms with Gasteiger partial charge >= 0.3 is 0 Å². The van der Waals surface area contributed by atoms with Gasteiger partial charge in [-0.2, -0.15) is 0 Å². The molecule has 1 aromatic carbocycles. The van der Waals surface area contributed by atoms with Crippen LogP contribution in [0, 0.1) is 0 Å². The zero-order valence-corrected chi connectivity index (χ0v) is 11.7. The summed E-state index contributed by atoms with van der Waals surface area (Å²) in [6.45, 7) is 4.73. The van der Waals surface area contributed by atoms with Crippen LogP contribution in [0.3, 0.4) is 0 Å². The highest BCUT2D eigenvalue weighted by Gasteiger charge is 2.37. The summed E-state index contributed by atoms with van der Waals surface area (Å²) >= 11 is 7.35. The average Bonchev–Trinajstić information content (AvgIpc) is 2.30. The Kier molecular flexibility index (Phi) is 2.29. The molecule has 0 N–H and O–H groups in total. The molecule has 0 aromatic heterocycles. The first kappa shape index (κ1) is 9.68. The maximum atomic E-state index is 3.70. The van der Waals surface area contributed by atoms with Crippen molar-refractivity contribution < 1.29 is 0 Å². The normalized spacial score (nSPS) is 19.1. The number of rotatable bonds is 0. The minimum Gasteiger partial charge on any atom is -0.0623 e. The molecule has 1 heterocycles. The van der Waals surface area contributed by atoms with Gasteiger partial charge in [0.2, 0.25) is 0 Å². The first-order valence-corrected chi connectivity index (χ1v) is 8.79. The number of hydrogen-bond acceptors (Lipinski definition) is 0. The largest absolute Gasteiger partial charge is 0.123 e. The summed E-state index contributed by atoms with van der Waals surface area (Å²) in [7, 11) is -1.38. The van der Waals surface area contributed by atoms with Crippen LogP contribution in [0.2, 0.25) is 13.1 Å². The zero-order valence-electron chi connectivity index (χ0n) is 7.57. The van der Waals surface area contributed by atoms with Gasteiger partial charge in [0.05, 0.1) is 0 Å². The van der Waals surface area contributed by atoms with Crippen molar-refractivity contribution in [2.75, 3.05) is 0 Å². The molecule has 0 bridgehead atoms. The molecule has 0 amide bonds. The minimum atomic E-state index is -1.38. The Labute approximate surface area is 96.3 Å². The number of benzene rings is 1. The van der Waals surface area contributed by atoms with E-state index in [1.165, 1.54) is 19.3 Å². The molecule has 0 saturated carbocycles. The first-order chi connectivity index (χ1) is 6.05. The lowest BCUT2D eigenvalue weighted by Gasteiger charge is -2.17. The van der Waals surface area contributed by atoms with Gasteiger partial charge in [-0.1, -0.05) is 53.3 Å². The molecule has 0 spiro atoms. The van der Waals surface area contributed by atoms with Crippen molar-refractivity contribution in [2.45, 2.75) is 13.1 Å². The maximum Gasteiger partial charge on any atom is 0.123 e. The smallest absolute Gasteiger partial charge is 0.0623 e. The fourth-order valence-electron chi connectivity index (χ4n) is 1.73. The highest BCUT2D eigenvalue weighted by Crippen LogP contribution is 2.40. The fraction of sp³-hybridized carbons (Fsp3) is 0.200. The van der Waals surface area contributed by atoms with Crippen LogP contribution in [-0.2, 0) is 0 Å².